The van der Waals surface area contributed by atoms with Crippen LogP contribution >= 0.6 is 0 Å². The quantitative estimate of drug-likeness (QED) is 0.778. The number of ketones is 1. The molecule has 1 aromatic carbocycles. The Morgan fingerprint density at radius 2 is 1.95 bits per heavy atom. The molecule has 0 amide bonds. The molecule has 0 saturated carbocycles. The lowest BCUT2D eigenvalue weighted by molar-refractivity contribution is 0.0988. The van der Waals surface area contributed by atoms with Crippen molar-refractivity contribution in [2.75, 3.05) is 32.1 Å². The number of rotatable bonds is 4. The average Bonchev–Trinajstić information content (AvgIpc) is 2.46. The summed E-state index contributed by atoms with van der Waals surface area (Å²) in [6, 6.07) is 8.54. The fraction of sp³-hybridized carbons (Fsp3) is 0.562. The summed E-state index contributed by atoms with van der Waals surface area (Å²) in [6.45, 7) is 4.20. The van der Waals surface area contributed by atoms with Crippen molar-refractivity contribution < 1.29 is 4.79 Å². The number of piperidine rings is 1. The molecule has 1 aliphatic heterocycles. The Hall–Kier alpha value is -1.35. The van der Waals surface area contributed by atoms with E-state index >= 15 is 0 Å². The first-order chi connectivity index (χ1) is 9.13. The van der Waals surface area contributed by atoms with Crippen molar-refractivity contribution in [3.8, 4) is 0 Å². The maximum atomic E-state index is 12.0. The largest absolute Gasteiger partial charge is 0.371 e. The lowest BCUT2D eigenvalue weighted by Crippen LogP contribution is -2.42. The highest BCUT2D eigenvalue weighted by atomic mass is 16.1. The van der Waals surface area contributed by atoms with Gasteiger partial charge in [-0.25, -0.2) is 0 Å². The van der Waals surface area contributed by atoms with Crippen LogP contribution < -0.4 is 4.90 Å². The van der Waals surface area contributed by atoms with Gasteiger partial charge in [0.25, 0.3) is 0 Å². The summed E-state index contributed by atoms with van der Waals surface area (Å²) in [5.74, 6) is 0.232. The molecule has 0 atom stereocenters. The normalized spacial score (nSPS) is 17.4. The second-order valence-electron chi connectivity index (χ2n) is 5.44. The van der Waals surface area contributed by atoms with Gasteiger partial charge in [-0.05, 0) is 45.1 Å². The summed E-state index contributed by atoms with van der Waals surface area (Å²) in [5.41, 5.74) is 1.95. The number of hydrogen-bond donors (Lipinski definition) is 0. The van der Waals surface area contributed by atoms with E-state index in [9.17, 15) is 4.79 Å². The molecular formula is C16H24N2O. The third-order valence-electron chi connectivity index (χ3n) is 4.14. The number of carbonyl (C=O) groups is 1. The molecule has 1 aromatic rings. The monoisotopic (exact) mass is 260 g/mol. The molecule has 1 fully saturated rings. The first-order valence-electron chi connectivity index (χ1n) is 7.17. The topological polar surface area (TPSA) is 23.6 Å². The molecule has 0 aromatic heterocycles. The van der Waals surface area contributed by atoms with Crippen molar-refractivity contribution in [2.45, 2.75) is 32.2 Å². The third-order valence-corrected chi connectivity index (χ3v) is 4.14. The van der Waals surface area contributed by atoms with Crippen LogP contribution in [-0.4, -0.2) is 43.9 Å². The molecule has 104 valence electrons. The summed E-state index contributed by atoms with van der Waals surface area (Å²) in [5, 5.41) is 0. The van der Waals surface area contributed by atoms with Crippen LogP contribution in [0.4, 0.5) is 5.69 Å². The van der Waals surface area contributed by atoms with Gasteiger partial charge in [-0.2, -0.15) is 0 Å². The fourth-order valence-electron chi connectivity index (χ4n) is 2.79. The third kappa shape index (κ3) is 3.16. The first-order valence-corrected chi connectivity index (χ1v) is 7.17. The van der Waals surface area contributed by atoms with Crippen molar-refractivity contribution in [3.05, 3.63) is 29.8 Å². The molecule has 0 unspecified atom stereocenters. The molecule has 1 aliphatic rings. The lowest BCUT2D eigenvalue weighted by Gasteiger charge is -2.37. The van der Waals surface area contributed by atoms with Crippen molar-refractivity contribution in [1.29, 1.82) is 0 Å². The van der Waals surface area contributed by atoms with Crippen molar-refractivity contribution >= 4 is 11.5 Å². The molecular weight excluding hydrogens is 236 g/mol. The van der Waals surface area contributed by atoms with E-state index in [0.29, 0.717) is 12.5 Å². The minimum atomic E-state index is 0.232. The summed E-state index contributed by atoms with van der Waals surface area (Å²) in [6.07, 6.45) is 2.90. The van der Waals surface area contributed by atoms with Gasteiger partial charge in [-0.15, -0.1) is 0 Å². The van der Waals surface area contributed by atoms with Gasteiger partial charge in [0, 0.05) is 30.8 Å². The van der Waals surface area contributed by atoms with E-state index in [1.165, 1.54) is 12.8 Å². The van der Waals surface area contributed by atoms with Crippen molar-refractivity contribution in [2.24, 2.45) is 0 Å². The van der Waals surface area contributed by atoms with Crippen LogP contribution in [0.25, 0.3) is 0 Å². The number of benzene rings is 1. The Bertz CT molecular complexity index is 436. The van der Waals surface area contributed by atoms with Crippen LogP contribution in [0, 0.1) is 0 Å². The minimum Gasteiger partial charge on any atom is -0.371 e. The first kappa shape index (κ1) is 14.1. The van der Waals surface area contributed by atoms with Crippen LogP contribution in [0.5, 0.6) is 0 Å². The molecule has 19 heavy (non-hydrogen) atoms. The maximum absolute atomic E-state index is 12.0. The zero-order chi connectivity index (χ0) is 13.8. The number of anilines is 1. The van der Waals surface area contributed by atoms with E-state index in [0.717, 1.165) is 24.3 Å². The second kappa shape index (κ2) is 6.20. The molecule has 2 rings (SSSR count). The molecule has 0 N–H and O–H groups in total. The predicted octanol–water partition coefficient (Wildman–Crippen LogP) is 2.81. The van der Waals surface area contributed by atoms with E-state index < -0.39 is 0 Å². The number of likely N-dealkylation sites (tertiary alicyclic amines) is 1. The van der Waals surface area contributed by atoms with Gasteiger partial charge in [0.1, 0.15) is 0 Å². The Morgan fingerprint density at radius 3 is 2.58 bits per heavy atom. The molecule has 0 aliphatic carbocycles. The average molecular weight is 260 g/mol. The molecule has 0 radical (unpaired) electrons. The number of Topliss-reactive ketones (excluding diaryl/α,β-unsaturated/α-hetero) is 1. The van der Waals surface area contributed by atoms with E-state index in [2.05, 4.69) is 30.0 Å². The molecule has 0 spiro atoms. The fourth-order valence-corrected chi connectivity index (χ4v) is 2.79. The van der Waals surface area contributed by atoms with E-state index in [1.807, 2.05) is 25.1 Å². The zero-order valence-corrected chi connectivity index (χ0v) is 12.2. The van der Waals surface area contributed by atoms with E-state index in [-0.39, 0.29) is 5.78 Å². The van der Waals surface area contributed by atoms with Gasteiger partial charge < -0.3 is 9.80 Å². The van der Waals surface area contributed by atoms with Gasteiger partial charge in [-0.1, -0.05) is 19.1 Å². The highest BCUT2D eigenvalue weighted by molar-refractivity contribution is 6.01. The van der Waals surface area contributed by atoms with Gasteiger partial charge >= 0.3 is 0 Å². The highest BCUT2D eigenvalue weighted by Gasteiger charge is 2.23. The van der Waals surface area contributed by atoms with Gasteiger partial charge in [-0.3, -0.25) is 4.79 Å². The molecule has 3 nitrogen and oxygen atoms in total. The van der Waals surface area contributed by atoms with Crippen molar-refractivity contribution in [3.63, 3.8) is 0 Å². The van der Waals surface area contributed by atoms with Gasteiger partial charge in [0.2, 0.25) is 0 Å². The Balaban J connectivity index is 2.19. The minimum absolute atomic E-state index is 0.232. The molecule has 3 heteroatoms. The van der Waals surface area contributed by atoms with Gasteiger partial charge in [0.05, 0.1) is 0 Å². The molecule has 0 bridgehead atoms. The Kier molecular flexibility index (Phi) is 4.59. The second-order valence-corrected chi connectivity index (χ2v) is 5.44. The van der Waals surface area contributed by atoms with Crippen LogP contribution in [0.1, 0.15) is 36.5 Å². The lowest BCUT2D eigenvalue weighted by atomic mass is 10.0. The van der Waals surface area contributed by atoms with E-state index in [1.54, 1.807) is 0 Å². The van der Waals surface area contributed by atoms with Gasteiger partial charge in [0.15, 0.2) is 5.78 Å². The van der Waals surface area contributed by atoms with E-state index in [4.69, 9.17) is 0 Å². The highest BCUT2D eigenvalue weighted by Crippen LogP contribution is 2.26. The Labute approximate surface area is 116 Å². The molecule has 1 saturated heterocycles. The van der Waals surface area contributed by atoms with Crippen LogP contribution in [0.2, 0.25) is 0 Å². The SMILES string of the molecule is CCC(=O)c1ccccc1N(C)C1CCN(C)CC1. The van der Waals surface area contributed by atoms with Crippen LogP contribution in [0.15, 0.2) is 24.3 Å². The standard InChI is InChI=1S/C16H24N2O/c1-4-16(19)14-7-5-6-8-15(14)18(3)13-9-11-17(2)12-10-13/h5-8,13H,4,9-12H2,1-3H3. The molecule has 1 heterocycles. The summed E-state index contributed by atoms with van der Waals surface area (Å²) in [4.78, 5) is 16.7. The number of para-hydroxylation sites is 1. The smallest absolute Gasteiger partial charge is 0.164 e. The zero-order valence-electron chi connectivity index (χ0n) is 12.2. The number of nitrogens with zero attached hydrogens (tertiary/aromatic N) is 2. The Morgan fingerprint density at radius 1 is 1.32 bits per heavy atom. The summed E-state index contributed by atoms with van der Waals surface area (Å²) < 4.78 is 0. The maximum Gasteiger partial charge on any atom is 0.164 e. The number of carbonyl (C=O) groups excluding carboxylic acids is 1. The van der Waals surface area contributed by atoms with Crippen LogP contribution in [0.3, 0.4) is 0 Å². The number of hydrogen-bond acceptors (Lipinski definition) is 3. The summed E-state index contributed by atoms with van der Waals surface area (Å²) >= 11 is 0. The van der Waals surface area contributed by atoms with Crippen LogP contribution in [-0.2, 0) is 0 Å². The predicted molar refractivity (Wildman–Crippen MR) is 80.0 cm³/mol. The summed E-state index contributed by atoms with van der Waals surface area (Å²) in [7, 11) is 4.29. The van der Waals surface area contributed by atoms with Crippen molar-refractivity contribution in [1.82, 2.24) is 4.90 Å².